The van der Waals surface area contributed by atoms with E-state index < -0.39 is 11.7 Å². The lowest BCUT2D eigenvalue weighted by atomic mass is 10.0. The molecule has 19 heavy (non-hydrogen) atoms. The minimum Gasteiger partial charge on any atom is -0.507 e. The zero-order chi connectivity index (χ0) is 13.7. The third kappa shape index (κ3) is 3.92. The third-order valence-electron chi connectivity index (χ3n) is 3.39. The highest BCUT2D eigenvalue weighted by Gasteiger charge is 2.14. The second-order valence-electron chi connectivity index (χ2n) is 4.85. The Morgan fingerprint density at radius 1 is 1.47 bits per heavy atom. The van der Waals surface area contributed by atoms with Crippen molar-refractivity contribution in [3.63, 3.8) is 0 Å². The Labute approximate surface area is 112 Å². The number of rotatable bonds is 4. The van der Waals surface area contributed by atoms with Crippen molar-refractivity contribution in [3.8, 4) is 5.75 Å². The molecule has 0 radical (unpaired) electrons. The molecule has 1 saturated heterocycles. The van der Waals surface area contributed by atoms with Gasteiger partial charge in [0.25, 0.3) is 5.91 Å². The summed E-state index contributed by atoms with van der Waals surface area (Å²) in [5.74, 6) is -1.17. The number of benzene rings is 1. The molecular weight excluding hydrogens is 247 g/mol. The molecular formula is C14H19FN2O2. The molecule has 0 bridgehead atoms. The lowest BCUT2D eigenvalue weighted by Gasteiger charge is -2.23. The van der Waals surface area contributed by atoms with Crippen LogP contribution in [-0.4, -0.2) is 30.1 Å². The summed E-state index contributed by atoms with van der Waals surface area (Å²) >= 11 is 0. The molecule has 3 N–H and O–H groups in total. The first-order chi connectivity index (χ1) is 9.16. The number of piperidine rings is 1. The van der Waals surface area contributed by atoms with Crippen LogP contribution in [0.15, 0.2) is 18.2 Å². The van der Waals surface area contributed by atoms with Gasteiger partial charge in [-0.2, -0.15) is 0 Å². The van der Waals surface area contributed by atoms with Crippen molar-refractivity contribution in [2.45, 2.75) is 31.7 Å². The van der Waals surface area contributed by atoms with Gasteiger partial charge in [0, 0.05) is 12.6 Å². The number of phenolic OH excluding ortho intramolecular Hbond substituents is 1. The Morgan fingerprint density at radius 3 is 3.05 bits per heavy atom. The number of aromatic hydroxyl groups is 1. The fourth-order valence-electron chi connectivity index (χ4n) is 2.32. The van der Waals surface area contributed by atoms with Gasteiger partial charge >= 0.3 is 0 Å². The van der Waals surface area contributed by atoms with Crippen molar-refractivity contribution >= 4 is 5.91 Å². The molecule has 5 heteroatoms. The van der Waals surface area contributed by atoms with E-state index in [2.05, 4.69) is 10.6 Å². The molecule has 1 amide bonds. The van der Waals surface area contributed by atoms with Crippen molar-refractivity contribution in [2.75, 3.05) is 13.1 Å². The van der Waals surface area contributed by atoms with Crippen LogP contribution in [-0.2, 0) is 0 Å². The predicted octanol–water partition coefficient (Wildman–Crippen LogP) is 1.79. The number of phenols is 1. The topological polar surface area (TPSA) is 61.4 Å². The molecule has 0 aliphatic carbocycles. The van der Waals surface area contributed by atoms with Gasteiger partial charge in [-0.25, -0.2) is 4.39 Å². The molecule has 4 nitrogen and oxygen atoms in total. The Hall–Kier alpha value is -1.62. The van der Waals surface area contributed by atoms with Crippen LogP contribution in [0.4, 0.5) is 4.39 Å². The molecule has 2 rings (SSSR count). The lowest BCUT2D eigenvalue weighted by molar-refractivity contribution is 0.0948. The van der Waals surface area contributed by atoms with Crippen molar-refractivity contribution in [2.24, 2.45) is 0 Å². The number of hydrogen-bond donors (Lipinski definition) is 3. The molecule has 0 spiro atoms. The summed E-state index contributed by atoms with van der Waals surface area (Å²) in [6, 6.07) is 3.80. The van der Waals surface area contributed by atoms with Crippen LogP contribution in [0.25, 0.3) is 0 Å². The zero-order valence-corrected chi connectivity index (χ0v) is 10.8. The molecule has 1 unspecified atom stereocenters. The quantitative estimate of drug-likeness (QED) is 0.778. The van der Waals surface area contributed by atoms with Crippen LogP contribution in [0.5, 0.6) is 5.75 Å². The number of hydrogen-bond acceptors (Lipinski definition) is 3. The van der Waals surface area contributed by atoms with Crippen LogP contribution >= 0.6 is 0 Å². The maximum Gasteiger partial charge on any atom is 0.255 e. The number of halogens is 1. The molecule has 1 aromatic rings. The number of nitrogens with one attached hydrogen (secondary N) is 2. The van der Waals surface area contributed by atoms with Gasteiger partial charge < -0.3 is 15.7 Å². The minimum atomic E-state index is -0.531. The summed E-state index contributed by atoms with van der Waals surface area (Å²) in [6.45, 7) is 1.55. The molecule has 1 aliphatic heterocycles. The fourth-order valence-corrected chi connectivity index (χ4v) is 2.32. The molecule has 1 aromatic carbocycles. The largest absolute Gasteiger partial charge is 0.507 e. The first kappa shape index (κ1) is 13.8. The lowest BCUT2D eigenvalue weighted by Crippen LogP contribution is -2.37. The molecule has 0 saturated carbocycles. The van der Waals surface area contributed by atoms with E-state index in [1.165, 1.54) is 18.9 Å². The maximum atomic E-state index is 13.0. The standard InChI is InChI=1S/C14H19FN2O2/c15-10-4-5-13(18)12(9-10)14(19)17-8-6-11-3-1-2-7-16-11/h4-5,9,11,16,18H,1-3,6-8H2,(H,17,19). The summed E-state index contributed by atoms with van der Waals surface area (Å²) in [5.41, 5.74) is -0.0170. The summed E-state index contributed by atoms with van der Waals surface area (Å²) < 4.78 is 13.0. The molecule has 1 fully saturated rings. The van der Waals surface area contributed by atoms with E-state index in [9.17, 15) is 14.3 Å². The van der Waals surface area contributed by atoms with E-state index in [1.54, 1.807) is 0 Å². The maximum absolute atomic E-state index is 13.0. The van der Waals surface area contributed by atoms with E-state index in [1.807, 2.05) is 0 Å². The van der Waals surface area contributed by atoms with Crippen LogP contribution in [0.2, 0.25) is 0 Å². The predicted molar refractivity (Wildman–Crippen MR) is 70.7 cm³/mol. The SMILES string of the molecule is O=C(NCCC1CCCCN1)c1cc(F)ccc1O. The molecule has 104 valence electrons. The molecule has 0 aromatic heterocycles. The monoisotopic (exact) mass is 266 g/mol. The fraction of sp³-hybridized carbons (Fsp3) is 0.500. The second kappa shape index (κ2) is 6.52. The highest BCUT2D eigenvalue weighted by molar-refractivity contribution is 5.96. The van der Waals surface area contributed by atoms with Gasteiger partial charge in [0.15, 0.2) is 0 Å². The van der Waals surface area contributed by atoms with Gasteiger partial charge in [0.2, 0.25) is 0 Å². The first-order valence-electron chi connectivity index (χ1n) is 6.67. The molecule has 1 aliphatic rings. The van der Waals surface area contributed by atoms with Gasteiger partial charge in [0.1, 0.15) is 11.6 Å². The summed E-state index contributed by atoms with van der Waals surface area (Å²) in [4.78, 5) is 11.8. The average molecular weight is 266 g/mol. The molecule has 1 heterocycles. The van der Waals surface area contributed by atoms with Gasteiger partial charge in [0.05, 0.1) is 5.56 Å². The van der Waals surface area contributed by atoms with E-state index in [0.717, 1.165) is 31.5 Å². The Balaban J connectivity index is 1.82. The summed E-state index contributed by atoms with van der Waals surface area (Å²) in [5, 5.41) is 15.6. The Bertz CT molecular complexity index is 445. The van der Waals surface area contributed by atoms with Gasteiger partial charge in [-0.3, -0.25) is 4.79 Å². The minimum absolute atomic E-state index is 0.0170. The first-order valence-corrected chi connectivity index (χ1v) is 6.67. The smallest absolute Gasteiger partial charge is 0.255 e. The summed E-state index contributed by atoms with van der Waals surface area (Å²) in [6.07, 6.45) is 4.40. The van der Waals surface area contributed by atoms with E-state index in [0.29, 0.717) is 12.6 Å². The normalized spacial score (nSPS) is 19.1. The van der Waals surface area contributed by atoms with E-state index in [4.69, 9.17) is 0 Å². The average Bonchev–Trinajstić information content (AvgIpc) is 2.42. The molecule has 1 atom stereocenters. The number of carbonyl (C=O) groups is 1. The highest BCUT2D eigenvalue weighted by Crippen LogP contribution is 2.17. The van der Waals surface area contributed by atoms with Crippen molar-refractivity contribution < 1.29 is 14.3 Å². The van der Waals surface area contributed by atoms with Crippen LogP contribution in [0, 0.1) is 5.82 Å². The summed E-state index contributed by atoms with van der Waals surface area (Å²) in [7, 11) is 0. The van der Waals surface area contributed by atoms with Crippen molar-refractivity contribution in [1.82, 2.24) is 10.6 Å². The van der Waals surface area contributed by atoms with E-state index >= 15 is 0 Å². The number of carbonyl (C=O) groups excluding carboxylic acids is 1. The Morgan fingerprint density at radius 2 is 2.32 bits per heavy atom. The van der Waals surface area contributed by atoms with Gasteiger partial charge in [-0.15, -0.1) is 0 Å². The van der Waals surface area contributed by atoms with Crippen molar-refractivity contribution in [1.29, 1.82) is 0 Å². The van der Waals surface area contributed by atoms with Gasteiger partial charge in [-0.1, -0.05) is 6.42 Å². The van der Waals surface area contributed by atoms with Crippen LogP contribution in [0.1, 0.15) is 36.0 Å². The van der Waals surface area contributed by atoms with Crippen LogP contribution in [0.3, 0.4) is 0 Å². The zero-order valence-electron chi connectivity index (χ0n) is 10.8. The second-order valence-corrected chi connectivity index (χ2v) is 4.85. The van der Waals surface area contributed by atoms with Crippen molar-refractivity contribution in [3.05, 3.63) is 29.6 Å². The highest BCUT2D eigenvalue weighted by atomic mass is 19.1. The van der Waals surface area contributed by atoms with E-state index in [-0.39, 0.29) is 11.3 Å². The Kier molecular flexibility index (Phi) is 4.74. The van der Waals surface area contributed by atoms with Gasteiger partial charge in [-0.05, 0) is 44.0 Å². The third-order valence-corrected chi connectivity index (χ3v) is 3.39. The number of amides is 1. The van der Waals surface area contributed by atoms with Crippen LogP contribution < -0.4 is 10.6 Å².